The molecule has 1 saturated heterocycles. The summed E-state index contributed by atoms with van der Waals surface area (Å²) >= 11 is 3.46. The third kappa shape index (κ3) is 3.80. The molecule has 0 atom stereocenters. The largest absolute Gasteiger partial charge is 0.345 e. The van der Waals surface area contributed by atoms with Gasteiger partial charge in [-0.15, -0.1) is 0 Å². The Balaban J connectivity index is 1.36. The summed E-state index contributed by atoms with van der Waals surface area (Å²) in [5.41, 5.74) is 3.84. The zero-order valence-corrected chi connectivity index (χ0v) is 18.0. The van der Waals surface area contributed by atoms with Crippen molar-refractivity contribution in [3.63, 3.8) is 0 Å². The number of Topliss-reactive ketones (excluding diaryl/α,β-unsaturated/α-hetero) is 1. The number of aryl methyl sites for hydroxylation is 1. The molecule has 2 aromatic rings. The summed E-state index contributed by atoms with van der Waals surface area (Å²) in [4.78, 5) is 29.7. The van der Waals surface area contributed by atoms with Gasteiger partial charge in [-0.1, -0.05) is 12.1 Å². The molecule has 1 aromatic heterocycles. The van der Waals surface area contributed by atoms with Crippen molar-refractivity contribution in [2.75, 3.05) is 32.7 Å². The molecule has 0 N–H and O–H groups in total. The summed E-state index contributed by atoms with van der Waals surface area (Å²) in [5.74, 6) is 0.233. The average Bonchev–Trinajstić information content (AvgIpc) is 3.47. The molecule has 6 heteroatoms. The van der Waals surface area contributed by atoms with Crippen LogP contribution in [-0.2, 0) is 0 Å². The highest BCUT2D eigenvalue weighted by atomic mass is 79.9. The van der Waals surface area contributed by atoms with Crippen LogP contribution >= 0.6 is 15.9 Å². The molecule has 148 valence electrons. The van der Waals surface area contributed by atoms with E-state index >= 15 is 0 Å². The predicted octanol–water partition coefficient (Wildman–Crippen LogP) is 3.84. The number of halogens is 1. The van der Waals surface area contributed by atoms with Gasteiger partial charge in [0.15, 0.2) is 5.78 Å². The van der Waals surface area contributed by atoms with Gasteiger partial charge in [-0.2, -0.15) is 0 Å². The summed E-state index contributed by atoms with van der Waals surface area (Å²) in [6.07, 6.45) is 2.44. The predicted molar refractivity (Wildman–Crippen MR) is 113 cm³/mol. The lowest BCUT2D eigenvalue weighted by molar-refractivity contribution is 0.0623. The number of piperazine rings is 1. The first kappa shape index (κ1) is 19.4. The number of carbonyl (C=O) groups excluding carboxylic acids is 2. The number of hydrogen-bond acceptors (Lipinski definition) is 3. The first-order chi connectivity index (χ1) is 13.5. The molecule has 0 bridgehead atoms. The Labute approximate surface area is 174 Å². The zero-order chi connectivity index (χ0) is 19.8. The van der Waals surface area contributed by atoms with Gasteiger partial charge >= 0.3 is 0 Å². The van der Waals surface area contributed by atoms with Gasteiger partial charge < -0.3 is 9.47 Å². The lowest BCUT2D eigenvalue weighted by Gasteiger charge is -2.34. The van der Waals surface area contributed by atoms with Crippen LogP contribution in [-0.4, -0.2) is 58.8 Å². The van der Waals surface area contributed by atoms with Crippen molar-refractivity contribution < 1.29 is 9.59 Å². The lowest BCUT2D eigenvalue weighted by Crippen LogP contribution is -2.50. The van der Waals surface area contributed by atoms with E-state index in [1.807, 2.05) is 35.2 Å². The normalized spacial score (nSPS) is 17.8. The molecule has 0 radical (unpaired) electrons. The molecule has 1 aromatic carbocycles. The monoisotopic (exact) mass is 443 g/mol. The molecule has 5 nitrogen and oxygen atoms in total. The average molecular weight is 444 g/mol. The molecular formula is C22H26BrN3O2. The quantitative estimate of drug-likeness (QED) is 0.659. The van der Waals surface area contributed by atoms with Crippen LogP contribution in [0.1, 0.15) is 51.0 Å². The molecule has 4 rings (SSSR count). The molecule has 2 aliphatic rings. The lowest BCUT2D eigenvalue weighted by atomic mass is 10.1. The van der Waals surface area contributed by atoms with Crippen LogP contribution in [0.25, 0.3) is 0 Å². The minimum Gasteiger partial charge on any atom is -0.345 e. The van der Waals surface area contributed by atoms with Crippen molar-refractivity contribution in [3.05, 3.63) is 57.3 Å². The second-order valence-corrected chi connectivity index (χ2v) is 8.71. The standard InChI is InChI=1S/C22H26BrN3O2/c1-15-13-19(16(2)26(15)17-7-8-17)21(27)14-24-9-11-25(12-10-24)22(28)18-5-3-4-6-20(18)23/h3-6,13,17H,7-12,14H2,1-2H3. The number of benzene rings is 1. The van der Waals surface area contributed by atoms with E-state index < -0.39 is 0 Å². The fraction of sp³-hybridized carbons (Fsp3) is 0.455. The fourth-order valence-corrected chi connectivity index (χ4v) is 4.61. The maximum absolute atomic E-state index is 12.9. The van der Waals surface area contributed by atoms with Gasteiger partial charge in [0.2, 0.25) is 0 Å². The molecule has 0 unspecified atom stereocenters. The Morgan fingerprint density at radius 3 is 2.36 bits per heavy atom. The fourth-order valence-electron chi connectivity index (χ4n) is 4.16. The number of ketones is 1. The Morgan fingerprint density at radius 1 is 1.04 bits per heavy atom. The highest BCUT2D eigenvalue weighted by Crippen LogP contribution is 2.38. The van der Waals surface area contributed by atoms with Gasteiger partial charge in [0.25, 0.3) is 5.91 Å². The van der Waals surface area contributed by atoms with E-state index in [2.05, 4.69) is 39.2 Å². The minimum absolute atomic E-state index is 0.0476. The van der Waals surface area contributed by atoms with Crippen LogP contribution in [0, 0.1) is 13.8 Å². The van der Waals surface area contributed by atoms with Crippen LogP contribution < -0.4 is 0 Å². The second-order valence-electron chi connectivity index (χ2n) is 7.86. The Morgan fingerprint density at radius 2 is 1.71 bits per heavy atom. The molecule has 1 saturated carbocycles. The molecule has 2 fully saturated rings. The van der Waals surface area contributed by atoms with E-state index in [0.717, 1.165) is 28.8 Å². The van der Waals surface area contributed by atoms with E-state index in [9.17, 15) is 9.59 Å². The number of hydrogen-bond donors (Lipinski definition) is 0. The highest BCUT2D eigenvalue weighted by Gasteiger charge is 2.29. The van der Waals surface area contributed by atoms with Crippen molar-refractivity contribution in [2.45, 2.75) is 32.7 Å². The smallest absolute Gasteiger partial charge is 0.255 e. The maximum atomic E-state index is 12.9. The minimum atomic E-state index is 0.0476. The van der Waals surface area contributed by atoms with Gasteiger partial charge in [-0.3, -0.25) is 14.5 Å². The van der Waals surface area contributed by atoms with Crippen LogP contribution in [0.15, 0.2) is 34.8 Å². The third-order valence-electron chi connectivity index (χ3n) is 5.83. The molecule has 0 spiro atoms. The first-order valence-corrected chi connectivity index (χ1v) is 10.7. The second kappa shape index (κ2) is 7.84. The van der Waals surface area contributed by atoms with Crippen molar-refractivity contribution in [3.8, 4) is 0 Å². The van der Waals surface area contributed by atoms with Crippen LogP contribution in [0.2, 0.25) is 0 Å². The number of nitrogens with zero attached hydrogens (tertiary/aromatic N) is 3. The van der Waals surface area contributed by atoms with Crippen molar-refractivity contribution in [2.24, 2.45) is 0 Å². The molecule has 2 heterocycles. The van der Waals surface area contributed by atoms with Crippen LogP contribution in [0.3, 0.4) is 0 Å². The highest BCUT2D eigenvalue weighted by molar-refractivity contribution is 9.10. The van der Waals surface area contributed by atoms with Crippen LogP contribution in [0.5, 0.6) is 0 Å². The summed E-state index contributed by atoms with van der Waals surface area (Å²) in [6.45, 7) is 7.32. The van der Waals surface area contributed by atoms with Crippen molar-refractivity contribution in [1.82, 2.24) is 14.4 Å². The molecule has 1 aliphatic carbocycles. The van der Waals surface area contributed by atoms with Crippen LogP contribution in [0.4, 0.5) is 0 Å². The van der Waals surface area contributed by atoms with Crippen molar-refractivity contribution >= 4 is 27.6 Å². The van der Waals surface area contributed by atoms with E-state index in [1.165, 1.54) is 18.5 Å². The summed E-state index contributed by atoms with van der Waals surface area (Å²) in [7, 11) is 0. The van der Waals surface area contributed by atoms with Gasteiger partial charge in [0.05, 0.1) is 12.1 Å². The van der Waals surface area contributed by atoms with E-state index in [4.69, 9.17) is 0 Å². The number of carbonyl (C=O) groups is 2. The summed E-state index contributed by atoms with van der Waals surface area (Å²) in [5, 5.41) is 0. The van der Waals surface area contributed by atoms with Crippen molar-refractivity contribution in [1.29, 1.82) is 0 Å². The van der Waals surface area contributed by atoms with Gasteiger partial charge in [0.1, 0.15) is 0 Å². The first-order valence-electron chi connectivity index (χ1n) is 9.93. The molecule has 28 heavy (non-hydrogen) atoms. The summed E-state index contributed by atoms with van der Waals surface area (Å²) in [6, 6.07) is 10.2. The number of rotatable bonds is 5. The molecular weight excluding hydrogens is 418 g/mol. The maximum Gasteiger partial charge on any atom is 0.255 e. The van der Waals surface area contributed by atoms with Gasteiger partial charge in [0, 0.05) is 53.6 Å². The third-order valence-corrected chi connectivity index (χ3v) is 6.52. The summed E-state index contributed by atoms with van der Waals surface area (Å²) < 4.78 is 3.14. The Hall–Kier alpha value is -1.92. The number of amides is 1. The van der Waals surface area contributed by atoms with E-state index in [-0.39, 0.29) is 11.7 Å². The SMILES string of the molecule is Cc1cc(C(=O)CN2CCN(C(=O)c3ccccc3Br)CC2)c(C)n1C1CC1. The van der Waals surface area contributed by atoms with E-state index in [1.54, 1.807) is 0 Å². The number of aromatic nitrogens is 1. The topological polar surface area (TPSA) is 45.6 Å². The van der Waals surface area contributed by atoms with Gasteiger partial charge in [-0.25, -0.2) is 0 Å². The Bertz CT molecular complexity index is 909. The molecule has 1 aliphatic heterocycles. The van der Waals surface area contributed by atoms with Gasteiger partial charge in [-0.05, 0) is 60.8 Å². The van der Waals surface area contributed by atoms with E-state index in [0.29, 0.717) is 31.2 Å². The zero-order valence-electron chi connectivity index (χ0n) is 16.4. The Kier molecular flexibility index (Phi) is 5.43. The molecule has 1 amide bonds.